The number of unbranched alkanes of at least 4 members (excludes halogenated alkanes) is 1. The van der Waals surface area contributed by atoms with Crippen molar-refractivity contribution in [2.75, 3.05) is 12.4 Å². The molecule has 0 atom stereocenters. The Morgan fingerprint density at radius 2 is 1.82 bits per heavy atom. The Morgan fingerprint density at radius 3 is 2.41 bits per heavy atom. The van der Waals surface area contributed by atoms with Gasteiger partial charge in [0.15, 0.2) is 0 Å². The largest absolute Gasteiger partial charge is 0.396 e. The fourth-order valence-corrected chi connectivity index (χ4v) is 2.51. The van der Waals surface area contributed by atoms with Crippen molar-refractivity contribution >= 4 is 21.6 Å². The molecule has 0 heterocycles. The van der Waals surface area contributed by atoms with Crippen LogP contribution in [-0.4, -0.2) is 25.9 Å². The molecule has 0 aliphatic carbocycles. The predicted octanol–water partition coefficient (Wildman–Crippen LogP) is 1.53. The quantitative estimate of drug-likeness (QED) is 0.743. The van der Waals surface area contributed by atoms with E-state index in [4.69, 9.17) is 16.7 Å². The van der Waals surface area contributed by atoms with E-state index in [0.29, 0.717) is 17.9 Å². The molecule has 2 N–H and O–H groups in total. The number of benzene rings is 1. The average molecular weight is 278 g/mol. The van der Waals surface area contributed by atoms with Crippen molar-refractivity contribution in [3.05, 3.63) is 34.9 Å². The summed E-state index contributed by atoms with van der Waals surface area (Å²) in [7, 11) is -3.26. The van der Waals surface area contributed by atoms with Crippen molar-refractivity contribution < 1.29 is 13.5 Å². The van der Waals surface area contributed by atoms with Gasteiger partial charge in [-0.3, -0.25) is 0 Å². The van der Waals surface area contributed by atoms with Crippen molar-refractivity contribution in [1.82, 2.24) is 4.72 Å². The van der Waals surface area contributed by atoms with Gasteiger partial charge in [0.1, 0.15) is 0 Å². The number of aliphatic hydroxyl groups excluding tert-OH is 1. The Balaban J connectivity index is 2.41. The minimum Gasteiger partial charge on any atom is -0.396 e. The van der Waals surface area contributed by atoms with Crippen molar-refractivity contribution in [2.45, 2.75) is 19.4 Å². The fraction of sp³-hybridized carbons (Fsp3) is 0.455. The third-order valence-corrected chi connectivity index (χ3v) is 3.89. The highest BCUT2D eigenvalue weighted by Crippen LogP contribution is 2.09. The average Bonchev–Trinajstić information content (AvgIpc) is 2.29. The highest BCUT2D eigenvalue weighted by Gasteiger charge is 2.08. The van der Waals surface area contributed by atoms with E-state index in [-0.39, 0.29) is 18.9 Å². The summed E-state index contributed by atoms with van der Waals surface area (Å²) in [6, 6.07) is 6.99. The molecule has 0 aliphatic rings. The molecule has 0 radical (unpaired) electrons. The van der Waals surface area contributed by atoms with Crippen molar-refractivity contribution in [3.8, 4) is 0 Å². The number of halogens is 1. The van der Waals surface area contributed by atoms with Crippen LogP contribution in [0.5, 0.6) is 0 Å². The van der Waals surface area contributed by atoms with Crippen LogP contribution < -0.4 is 4.72 Å². The first-order valence-electron chi connectivity index (χ1n) is 5.36. The number of rotatable bonds is 7. The zero-order chi connectivity index (χ0) is 12.7. The molecule has 1 aromatic carbocycles. The van der Waals surface area contributed by atoms with Gasteiger partial charge >= 0.3 is 0 Å². The van der Waals surface area contributed by atoms with Gasteiger partial charge in [0, 0.05) is 18.2 Å². The molecule has 0 spiro atoms. The van der Waals surface area contributed by atoms with Crippen molar-refractivity contribution in [2.24, 2.45) is 0 Å². The van der Waals surface area contributed by atoms with Crippen LogP contribution >= 0.6 is 11.6 Å². The molecule has 0 unspecified atom stereocenters. The van der Waals surface area contributed by atoms with Gasteiger partial charge in [-0.25, -0.2) is 13.1 Å². The van der Waals surface area contributed by atoms with Gasteiger partial charge in [0.05, 0.1) is 5.75 Å². The number of hydrogen-bond acceptors (Lipinski definition) is 3. The Bertz CT molecular complexity index is 431. The molecule has 0 bridgehead atoms. The van der Waals surface area contributed by atoms with Gasteiger partial charge in [0.25, 0.3) is 0 Å². The molecule has 96 valence electrons. The summed E-state index contributed by atoms with van der Waals surface area (Å²) < 4.78 is 25.6. The summed E-state index contributed by atoms with van der Waals surface area (Å²) in [5.74, 6) is 0.0428. The van der Waals surface area contributed by atoms with Crippen LogP contribution in [0, 0.1) is 0 Å². The van der Waals surface area contributed by atoms with E-state index in [9.17, 15) is 8.42 Å². The lowest BCUT2D eigenvalue weighted by molar-refractivity contribution is 0.287. The Morgan fingerprint density at radius 1 is 1.18 bits per heavy atom. The van der Waals surface area contributed by atoms with Gasteiger partial charge in [-0.2, -0.15) is 0 Å². The van der Waals surface area contributed by atoms with Gasteiger partial charge in [-0.05, 0) is 30.5 Å². The third kappa shape index (κ3) is 6.02. The summed E-state index contributed by atoms with van der Waals surface area (Å²) in [6.45, 7) is 0.283. The summed E-state index contributed by atoms with van der Waals surface area (Å²) in [6.07, 6.45) is 0.967. The van der Waals surface area contributed by atoms with Crippen LogP contribution in [0.2, 0.25) is 5.02 Å². The molecule has 0 saturated heterocycles. The second kappa shape index (κ2) is 6.96. The number of hydrogen-bond donors (Lipinski definition) is 2. The highest BCUT2D eigenvalue weighted by atomic mass is 35.5. The minimum atomic E-state index is -3.26. The van der Waals surface area contributed by atoms with Crippen LogP contribution in [0.25, 0.3) is 0 Å². The van der Waals surface area contributed by atoms with E-state index in [0.717, 1.165) is 5.56 Å². The molecular weight excluding hydrogens is 262 g/mol. The Hall–Kier alpha value is -0.620. The molecule has 0 fully saturated rings. The zero-order valence-electron chi connectivity index (χ0n) is 9.39. The van der Waals surface area contributed by atoms with E-state index in [1.807, 2.05) is 0 Å². The molecule has 0 amide bonds. The highest BCUT2D eigenvalue weighted by molar-refractivity contribution is 7.89. The number of sulfonamides is 1. The molecule has 17 heavy (non-hydrogen) atoms. The zero-order valence-corrected chi connectivity index (χ0v) is 11.0. The summed E-state index contributed by atoms with van der Waals surface area (Å²) >= 11 is 5.72. The van der Waals surface area contributed by atoms with Gasteiger partial charge < -0.3 is 5.11 Å². The van der Waals surface area contributed by atoms with E-state index in [1.165, 1.54) is 0 Å². The van der Waals surface area contributed by atoms with Crippen LogP contribution in [0.3, 0.4) is 0 Å². The minimum absolute atomic E-state index is 0.0205. The first-order chi connectivity index (χ1) is 8.03. The molecular formula is C11H16ClNO3S. The molecule has 6 heteroatoms. The van der Waals surface area contributed by atoms with Gasteiger partial charge in [-0.15, -0.1) is 0 Å². The summed E-state index contributed by atoms with van der Waals surface area (Å²) in [5.41, 5.74) is 0.861. The first kappa shape index (κ1) is 14.4. The lowest BCUT2D eigenvalue weighted by Crippen LogP contribution is -2.26. The molecule has 0 aromatic heterocycles. The second-order valence-corrected chi connectivity index (χ2v) is 6.06. The molecule has 0 aliphatic heterocycles. The van der Waals surface area contributed by atoms with Gasteiger partial charge in [0.2, 0.25) is 10.0 Å². The number of nitrogens with one attached hydrogen (secondary N) is 1. The molecule has 1 aromatic rings. The molecule has 0 saturated carbocycles. The van der Waals surface area contributed by atoms with Crippen LogP contribution in [0.1, 0.15) is 18.4 Å². The lowest BCUT2D eigenvalue weighted by atomic mass is 10.2. The Kier molecular flexibility index (Phi) is 5.91. The van der Waals surface area contributed by atoms with Crippen LogP contribution in [-0.2, 0) is 16.6 Å². The molecule has 1 rings (SSSR count). The van der Waals surface area contributed by atoms with Crippen molar-refractivity contribution in [3.63, 3.8) is 0 Å². The first-order valence-corrected chi connectivity index (χ1v) is 7.39. The summed E-state index contributed by atoms with van der Waals surface area (Å²) in [5, 5.41) is 9.19. The monoisotopic (exact) mass is 277 g/mol. The third-order valence-electron chi connectivity index (χ3n) is 2.23. The summed E-state index contributed by atoms with van der Waals surface area (Å²) in [4.78, 5) is 0. The van der Waals surface area contributed by atoms with E-state index in [1.54, 1.807) is 24.3 Å². The number of aliphatic hydroxyl groups is 1. The van der Waals surface area contributed by atoms with Crippen LogP contribution in [0.15, 0.2) is 24.3 Å². The topological polar surface area (TPSA) is 66.4 Å². The smallest absolute Gasteiger partial charge is 0.211 e. The van der Waals surface area contributed by atoms with Crippen LogP contribution in [0.4, 0.5) is 0 Å². The second-order valence-electron chi connectivity index (χ2n) is 3.70. The predicted molar refractivity (Wildman–Crippen MR) is 68.4 cm³/mol. The molecule has 4 nitrogen and oxygen atoms in total. The normalized spacial score (nSPS) is 11.6. The van der Waals surface area contributed by atoms with E-state index < -0.39 is 10.0 Å². The maximum atomic E-state index is 11.5. The van der Waals surface area contributed by atoms with Crippen molar-refractivity contribution in [1.29, 1.82) is 0 Å². The van der Waals surface area contributed by atoms with E-state index in [2.05, 4.69) is 4.72 Å². The Labute approximate surface area is 107 Å². The SMILES string of the molecule is O=S(=O)(CCCCO)NCc1ccc(Cl)cc1. The fourth-order valence-electron chi connectivity index (χ4n) is 1.27. The maximum absolute atomic E-state index is 11.5. The lowest BCUT2D eigenvalue weighted by Gasteiger charge is -2.06. The maximum Gasteiger partial charge on any atom is 0.211 e. The van der Waals surface area contributed by atoms with Gasteiger partial charge in [-0.1, -0.05) is 23.7 Å². The van der Waals surface area contributed by atoms with E-state index >= 15 is 0 Å². The standard InChI is InChI=1S/C11H16ClNO3S/c12-11-5-3-10(4-6-11)9-13-17(15,16)8-2-1-7-14/h3-6,13-14H,1-2,7-9H2.